The highest BCUT2D eigenvalue weighted by Crippen LogP contribution is 2.09. The van der Waals surface area contributed by atoms with Gasteiger partial charge >= 0.3 is 5.97 Å². The van der Waals surface area contributed by atoms with Gasteiger partial charge in [0.15, 0.2) is 6.10 Å². The molecule has 3 N–H and O–H groups in total. The van der Waals surface area contributed by atoms with E-state index in [0.29, 0.717) is 12.2 Å². The van der Waals surface area contributed by atoms with Gasteiger partial charge in [-0.25, -0.2) is 4.79 Å². The van der Waals surface area contributed by atoms with Crippen LogP contribution in [0.25, 0.3) is 6.08 Å². The molecule has 1 saturated heterocycles. The number of hydrogen-bond acceptors (Lipinski definition) is 4. The van der Waals surface area contributed by atoms with Crippen molar-refractivity contribution in [1.29, 1.82) is 0 Å². The van der Waals surface area contributed by atoms with Gasteiger partial charge in [-0.1, -0.05) is 12.1 Å². The fourth-order valence-electron chi connectivity index (χ4n) is 1.88. The quantitative estimate of drug-likeness (QED) is 0.622. The van der Waals surface area contributed by atoms with Gasteiger partial charge in [0.2, 0.25) is 5.91 Å². The molecule has 2 rings (SSSR count). The Morgan fingerprint density at radius 3 is 2.70 bits per heavy atom. The Morgan fingerprint density at radius 2 is 2.05 bits per heavy atom. The third-order valence-corrected chi connectivity index (χ3v) is 3.01. The van der Waals surface area contributed by atoms with Crippen LogP contribution >= 0.6 is 0 Å². The summed E-state index contributed by atoms with van der Waals surface area (Å²) in [4.78, 5) is 24.3. The summed E-state index contributed by atoms with van der Waals surface area (Å²) in [5.74, 6) is -1.28. The van der Waals surface area contributed by atoms with Crippen molar-refractivity contribution in [3.63, 3.8) is 0 Å². The Morgan fingerprint density at radius 1 is 1.35 bits per heavy atom. The van der Waals surface area contributed by atoms with Crippen LogP contribution in [0.1, 0.15) is 5.56 Å². The molecule has 1 aromatic rings. The molecule has 1 amide bonds. The molecule has 0 saturated carbocycles. The Hall–Kier alpha value is -2.34. The van der Waals surface area contributed by atoms with Crippen molar-refractivity contribution >= 4 is 23.6 Å². The van der Waals surface area contributed by atoms with Crippen molar-refractivity contribution in [2.24, 2.45) is 0 Å². The standard InChI is InChI=1S/C14H16N2O4/c15-11-4-1-10(2-5-11)3-6-13(17)16-7-8-20-12(9-16)14(18)19/h1-6,12H,7-9,15H2,(H,18,19)/b6-3+. The SMILES string of the molecule is Nc1ccc(/C=C/C(=O)N2CCOC(C(=O)O)C2)cc1. The molecule has 20 heavy (non-hydrogen) atoms. The van der Waals surface area contributed by atoms with Gasteiger partial charge in [-0.05, 0) is 23.8 Å². The molecule has 0 radical (unpaired) electrons. The molecule has 6 nitrogen and oxygen atoms in total. The molecule has 0 bridgehead atoms. The van der Waals surface area contributed by atoms with Gasteiger partial charge in [-0.3, -0.25) is 4.79 Å². The van der Waals surface area contributed by atoms with Gasteiger partial charge in [0.25, 0.3) is 0 Å². The number of anilines is 1. The number of carbonyl (C=O) groups excluding carboxylic acids is 1. The zero-order chi connectivity index (χ0) is 14.5. The number of carbonyl (C=O) groups is 2. The van der Waals surface area contributed by atoms with Crippen molar-refractivity contribution in [1.82, 2.24) is 4.90 Å². The van der Waals surface area contributed by atoms with Gasteiger partial charge < -0.3 is 20.5 Å². The van der Waals surface area contributed by atoms with E-state index in [0.717, 1.165) is 5.56 Å². The average molecular weight is 276 g/mol. The molecular formula is C14H16N2O4. The number of nitrogens with zero attached hydrogens (tertiary/aromatic N) is 1. The number of aliphatic carboxylic acids is 1. The zero-order valence-electron chi connectivity index (χ0n) is 10.9. The van der Waals surface area contributed by atoms with Crippen LogP contribution < -0.4 is 5.73 Å². The van der Waals surface area contributed by atoms with E-state index in [1.54, 1.807) is 30.3 Å². The first-order valence-electron chi connectivity index (χ1n) is 6.23. The first-order chi connectivity index (χ1) is 9.56. The van der Waals surface area contributed by atoms with E-state index < -0.39 is 12.1 Å². The molecule has 0 aliphatic carbocycles. The fraction of sp³-hybridized carbons (Fsp3) is 0.286. The van der Waals surface area contributed by atoms with E-state index in [1.165, 1.54) is 11.0 Å². The van der Waals surface area contributed by atoms with Gasteiger partial charge in [0.1, 0.15) is 0 Å². The number of nitrogen functional groups attached to an aromatic ring is 1. The second-order valence-electron chi connectivity index (χ2n) is 4.48. The van der Waals surface area contributed by atoms with Crippen molar-refractivity contribution in [3.05, 3.63) is 35.9 Å². The number of morpholine rings is 1. The monoisotopic (exact) mass is 276 g/mol. The highest BCUT2D eigenvalue weighted by atomic mass is 16.5. The van der Waals surface area contributed by atoms with Gasteiger partial charge in [0, 0.05) is 18.3 Å². The molecule has 1 unspecified atom stereocenters. The van der Waals surface area contributed by atoms with Crippen LogP contribution in [0.3, 0.4) is 0 Å². The lowest BCUT2D eigenvalue weighted by Gasteiger charge is -2.30. The van der Waals surface area contributed by atoms with Crippen LogP contribution in [0.5, 0.6) is 0 Å². The molecule has 6 heteroatoms. The van der Waals surface area contributed by atoms with Crippen LogP contribution in [0.15, 0.2) is 30.3 Å². The lowest BCUT2D eigenvalue weighted by molar-refractivity contribution is -0.158. The Balaban J connectivity index is 1.97. The number of carboxylic acid groups (broad SMARTS) is 1. The van der Waals surface area contributed by atoms with Crippen LogP contribution in [-0.4, -0.2) is 47.7 Å². The summed E-state index contributed by atoms with van der Waals surface area (Å²) in [5, 5.41) is 8.88. The van der Waals surface area contributed by atoms with Crippen molar-refractivity contribution in [2.75, 3.05) is 25.4 Å². The minimum Gasteiger partial charge on any atom is -0.479 e. The van der Waals surface area contributed by atoms with Crippen LogP contribution in [0.4, 0.5) is 5.69 Å². The summed E-state index contributed by atoms with van der Waals surface area (Å²) in [5.41, 5.74) is 7.09. The molecule has 1 aromatic carbocycles. The van der Waals surface area contributed by atoms with Crippen molar-refractivity contribution < 1.29 is 19.4 Å². The number of hydrogen-bond donors (Lipinski definition) is 2. The minimum atomic E-state index is -1.05. The first kappa shape index (κ1) is 14.1. The summed E-state index contributed by atoms with van der Waals surface area (Å²) in [6.07, 6.45) is 2.15. The summed E-state index contributed by atoms with van der Waals surface area (Å²) < 4.78 is 5.06. The fourth-order valence-corrected chi connectivity index (χ4v) is 1.88. The summed E-state index contributed by atoms with van der Waals surface area (Å²) >= 11 is 0. The summed E-state index contributed by atoms with van der Waals surface area (Å²) in [6.45, 7) is 0.702. The first-order valence-corrected chi connectivity index (χ1v) is 6.23. The minimum absolute atomic E-state index is 0.0697. The maximum atomic E-state index is 12.0. The predicted molar refractivity (Wildman–Crippen MR) is 73.8 cm³/mol. The maximum absolute atomic E-state index is 12.0. The van der Waals surface area contributed by atoms with E-state index >= 15 is 0 Å². The lowest BCUT2D eigenvalue weighted by Crippen LogP contribution is -2.48. The number of nitrogens with two attached hydrogens (primary N) is 1. The second kappa shape index (κ2) is 6.21. The van der Waals surface area contributed by atoms with E-state index in [9.17, 15) is 9.59 Å². The normalized spacial score (nSPS) is 19.2. The average Bonchev–Trinajstić information content (AvgIpc) is 2.46. The Labute approximate surface area is 116 Å². The molecule has 0 spiro atoms. The number of rotatable bonds is 3. The topological polar surface area (TPSA) is 92.9 Å². The third-order valence-electron chi connectivity index (χ3n) is 3.01. The van der Waals surface area contributed by atoms with E-state index in [4.69, 9.17) is 15.6 Å². The molecule has 0 aromatic heterocycles. The maximum Gasteiger partial charge on any atom is 0.334 e. The Bertz CT molecular complexity index is 524. The summed E-state index contributed by atoms with van der Waals surface area (Å²) in [7, 11) is 0. The van der Waals surface area contributed by atoms with Gasteiger partial charge in [-0.2, -0.15) is 0 Å². The largest absolute Gasteiger partial charge is 0.479 e. The smallest absolute Gasteiger partial charge is 0.334 e. The van der Waals surface area contributed by atoms with E-state index in [-0.39, 0.29) is 19.1 Å². The lowest BCUT2D eigenvalue weighted by atomic mass is 10.2. The van der Waals surface area contributed by atoms with Crippen LogP contribution in [0, 0.1) is 0 Å². The van der Waals surface area contributed by atoms with Gasteiger partial charge in [0.05, 0.1) is 13.2 Å². The van der Waals surface area contributed by atoms with Crippen LogP contribution in [0.2, 0.25) is 0 Å². The van der Waals surface area contributed by atoms with Crippen molar-refractivity contribution in [3.8, 4) is 0 Å². The number of amides is 1. The Kier molecular flexibility index (Phi) is 4.37. The van der Waals surface area contributed by atoms with E-state index in [1.807, 2.05) is 0 Å². The molecule has 106 valence electrons. The second-order valence-corrected chi connectivity index (χ2v) is 4.48. The molecular weight excluding hydrogens is 260 g/mol. The highest BCUT2D eigenvalue weighted by Gasteiger charge is 2.27. The predicted octanol–water partition coefficient (Wildman–Crippen LogP) is 0.594. The van der Waals surface area contributed by atoms with E-state index in [2.05, 4.69) is 0 Å². The molecule has 1 atom stereocenters. The third kappa shape index (κ3) is 3.58. The number of ether oxygens (including phenoxy) is 1. The zero-order valence-corrected chi connectivity index (χ0v) is 10.9. The summed E-state index contributed by atoms with van der Waals surface area (Å²) in [6, 6.07) is 7.11. The highest BCUT2D eigenvalue weighted by molar-refractivity contribution is 5.92. The molecule has 1 aliphatic heterocycles. The molecule has 1 heterocycles. The molecule has 1 aliphatic rings. The number of carboxylic acids is 1. The van der Waals surface area contributed by atoms with Gasteiger partial charge in [-0.15, -0.1) is 0 Å². The van der Waals surface area contributed by atoms with Crippen LogP contribution in [-0.2, 0) is 14.3 Å². The number of benzene rings is 1. The van der Waals surface area contributed by atoms with Crippen molar-refractivity contribution in [2.45, 2.75) is 6.10 Å². The molecule has 1 fully saturated rings.